The first-order valence-electron chi connectivity index (χ1n) is 6.81. The average Bonchev–Trinajstić information content (AvgIpc) is 3.05. The van der Waals surface area contributed by atoms with Crippen LogP contribution in [0, 0.1) is 0 Å². The van der Waals surface area contributed by atoms with Crippen molar-refractivity contribution in [1.29, 1.82) is 0 Å². The van der Waals surface area contributed by atoms with E-state index in [4.69, 9.17) is 4.98 Å². The fraction of sp³-hybridized carbons (Fsp3) is 0.643. The number of aromatic nitrogens is 1. The second-order valence-corrected chi connectivity index (χ2v) is 5.26. The summed E-state index contributed by atoms with van der Waals surface area (Å²) in [5.74, 6) is 0. The van der Waals surface area contributed by atoms with Gasteiger partial charge in [-0.25, -0.2) is 0 Å². The van der Waals surface area contributed by atoms with Gasteiger partial charge in [0.05, 0.1) is 11.4 Å². The van der Waals surface area contributed by atoms with Crippen LogP contribution in [0.25, 0.3) is 0 Å². The van der Waals surface area contributed by atoms with Crippen molar-refractivity contribution >= 4 is 0 Å². The molecule has 0 aromatic carbocycles. The maximum atomic E-state index is 4.73. The van der Waals surface area contributed by atoms with Crippen molar-refractivity contribution in [1.82, 2.24) is 15.2 Å². The molecule has 0 radical (unpaired) electrons. The maximum absolute atomic E-state index is 4.73. The van der Waals surface area contributed by atoms with Gasteiger partial charge in [0.2, 0.25) is 0 Å². The lowest BCUT2D eigenvalue weighted by molar-refractivity contribution is 0.327. The molecule has 0 unspecified atom stereocenters. The molecule has 2 aliphatic rings. The molecule has 0 spiro atoms. The minimum atomic E-state index is 0.763. The van der Waals surface area contributed by atoms with Gasteiger partial charge >= 0.3 is 0 Å². The average molecular weight is 231 g/mol. The van der Waals surface area contributed by atoms with Crippen LogP contribution in [0.4, 0.5) is 0 Å². The lowest BCUT2D eigenvalue weighted by Crippen LogP contribution is -2.20. The summed E-state index contributed by atoms with van der Waals surface area (Å²) < 4.78 is 0. The van der Waals surface area contributed by atoms with Crippen molar-refractivity contribution < 1.29 is 0 Å². The maximum Gasteiger partial charge on any atom is 0.0547 e. The summed E-state index contributed by atoms with van der Waals surface area (Å²) in [5, 5.41) is 3.52. The molecule has 1 aromatic heterocycles. The monoisotopic (exact) mass is 231 g/mol. The van der Waals surface area contributed by atoms with E-state index in [1.807, 2.05) is 0 Å². The van der Waals surface area contributed by atoms with Crippen molar-refractivity contribution in [3.05, 3.63) is 29.6 Å². The standard InChI is InChI=1S/C14H21N3/c1-2-9-17(8-1)11-14-5-3-4-13(16-14)10-15-12-6-7-12/h3-5,12,15H,1-2,6-11H2. The van der Waals surface area contributed by atoms with Crippen LogP contribution in [0.1, 0.15) is 37.1 Å². The Morgan fingerprint density at radius 3 is 2.71 bits per heavy atom. The van der Waals surface area contributed by atoms with Gasteiger partial charge in [-0.2, -0.15) is 0 Å². The fourth-order valence-corrected chi connectivity index (χ4v) is 2.42. The Morgan fingerprint density at radius 2 is 1.94 bits per heavy atom. The minimum absolute atomic E-state index is 0.763. The largest absolute Gasteiger partial charge is 0.308 e. The first kappa shape index (κ1) is 11.2. The molecule has 1 aromatic rings. The molecule has 0 bridgehead atoms. The molecule has 1 aliphatic heterocycles. The first-order valence-corrected chi connectivity index (χ1v) is 6.81. The number of rotatable bonds is 5. The fourth-order valence-electron chi connectivity index (χ4n) is 2.42. The van der Waals surface area contributed by atoms with Crippen molar-refractivity contribution in [3.8, 4) is 0 Å². The summed E-state index contributed by atoms with van der Waals surface area (Å²) in [6, 6.07) is 7.18. The van der Waals surface area contributed by atoms with Crippen LogP contribution in [0.3, 0.4) is 0 Å². The quantitative estimate of drug-likeness (QED) is 0.839. The van der Waals surface area contributed by atoms with Gasteiger partial charge in [-0.3, -0.25) is 9.88 Å². The summed E-state index contributed by atoms with van der Waals surface area (Å²) in [4.78, 5) is 7.23. The molecule has 1 N–H and O–H groups in total. The first-order chi connectivity index (χ1) is 8.40. The molecule has 1 saturated heterocycles. The predicted octanol–water partition coefficient (Wildman–Crippen LogP) is 1.93. The van der Waals surface area contributed by atoms with Gasteiger partial charge in [-0.1, -0.05) is 6.07 Å². The van der Waals surface area contributed by atoms with Gasteiger partial charge in [0.25, 0.3) is 0 Å². The molecule has 2 heterocycles. The van der Waals surface area contributed by atoms with Gasteiger partial charge in [-0.15, -0.1) is 0 Å². The zero-order valence-electron chi connectivity index (χ0n) is 10.4. The Labute approximate surface area is 103 Å². The van der Waals surface area contributed by atoms with E-state index in [9.17, 15) is 0 Å². The van der Waals surface area contributed by atoms with Gasteiger partial charge < -0.3 is 5.32 Å². The van der Waals surface area contributed by atoms with E-state index in [2.05, 4.69) is 28.4 Å². The molecule has 1 saturated carbocycles. The Balaban J connectivity index is 1.56. The van der Waals surface area contributed by atoms with Gasteiger partial charge in [0, 0.05) is 19.1 Å². The molecular weight excluding hydrogens is 210 g/mol. The van der Waals surface area contributed by atoms with E-state index in [1.54, 1.807) is 0 Å². The number of hydrogen-bond donors (Lipinski definition) is 1. The molecule has 0 atom stereocenters. The number of likely N-dealkylation sites (tertiary alicyclic amines) is 1. The van der Waals surface area contributed by atoms with E-state index in [0.717, 1.165) is 19.1 Å². The molecule has 17 heavy (non-hydrogen) atoms. The molecule has 92 valence electrons. The third-order valence-electron chi connectivity index (χ3n) is 3.60. The second-order valence-electron chi connectivity index (χ2n) is 5.26. The lowest BCUT2D eigenvalue weighted by Gasteiger charge is -2.14. The third kappa shape index (κ3) is 3.27. The number of nitrogens with zero attached hydrogens (tertiary/aromatic N) is 2. The summed E-state index contributed by atoms with van der Waals surface area (Å²) >= 11 is 0. The summed E-state index contributed by atoms with van der Waals surface area (Å²) in [7, 11) is 0. The van der Waals surface area contributed by atoms with Crippen LogP contribution in [-0.4, -0.2) is 29.0 Å². The third-order valence-corrected chi connectivity index (χ3v) is 3.60. The van der Waals surface area contributed by atoms with E-state index >= 15 is 0 Å². The highest BCUT2D eigenvalue weighted by atomic mass is 15.1. The summed E-state index contributed by atoms with van der Waals surface area (Å²) in [6.07, 6.45) is 5.38. The highest BCUT2D eigenvalue weighted by Gasteiger charge is 2.20. The van der Waals surface area contributed by atoms with E-state index < -0.39 is 0 Å². The van der Waals surface area contributed by atoms with E-state index in [-0.39, 0.29) is 0 Å². The van der Waals surface area contributed by atoms with Crippen LogP contribution >= 0.6 is 0 Å². The van der Waals surface area contributed by atoms with Crippen LogP contribution in [0.15, 0.2) is 18.2 Å². The minimum Gasteiger partial charge on any atom is -0.308 e. The smallest absolute Gasteiger partial charge is 0.0547 e. The number of hydrogen-bond acceptors (Lipinski definition) is 3. The van der Waals surface area contributed by atoms with E-state index in [0.29, 0.717) is 0 Å². The number of pyridine rings is 1. The van der Waals surface area contributed by atoms with Crippen LogP contribution in [-0.2, 0) is 13.1 Å². The summed E-state index contributed by atoms with van der Waals surface area (Å²) in [5.41, 5.74) is 2.41. The van der Waals surface area contributed by atoms with E-state index in [1.165, 1.54) is 50.2 Å². The van der Waals surface area contributed by atoms with Crippen molar-refractivity contribution in [2.45, 2.75) is 44.8 Å². The Bertz CT molecular complexity index is 367. The zero-order valence-corrected chi connectivity index (χ0v) is 10.4. The van der Waals surface area contributed by atoms with Gasteiger partial charge in [-0.05, 0) is 50.9 Å². The SMILES string of the molecule is c1cc(CNC2CC2)nc(CN2CCCC2)c1. The van der Waals surface area contributed by atoms with Crippen molar-refractivity contribution in [3.63, 3.8) is 0 Å². The molecular formula is C14H21N3. The summed E-state index contributed by atoms with van der Waals surface area (Å²) in [6.45, 7) is 4.44. The Kier molecular flexibility index (Phi) is 3.39. The molecule has 3 rings (SSSR count). The molecule has 0 amide bonds. The number of nitrogens with one attached hydrogen (secondary N) is 1. The normalized spacial score (nSPS) is 20.9. The highest BCUT2D eigenvalue weighted by molar-refractivity contribution is 5.11. The Hall–Kier alpha value is -0.930. The van der Waals surface area contributed by atoms with Crippen LogP contribution in [0.2, 0.25) is 0 Å². The second kappa shape index (κ2) is 5.15. The van der Waals surface area contributed by atoms with Crippen LogP contribution < -0.4 is 5.32 Å². The van der Waals surface area contributed by atoms with Crippen LogP contribution in [0.5, 0.6) is 0 Å². The molecule has 3 heteroatoms. The predicted molar refractivity (Wildman–Crippen MR) is 68.6 cm³/mol. The van der Waals surface area contributed by atoms with Gasteiger partial charge in [0.15, 0.2) is 0 Å². The molecule has 3 nitrogen and oxygen atoms in total. The zero-order chi connectivity index (χ0) is 11.5. The van der Waals surface area contributed by atoms with Crippen molar-refractivity contribution in [2.75, 3.05) is 13.1 Å². The Morgan fingerprint density at radius 1 is 1.18 bits per heavy atom. The van der Waals surface area contributed by atoms with Gasteiger partial charge in [0.1, 0.15) is 0 Å². The lowest BCUT2D eigenvalue weighted by atomic mass is 10.3. The van der Waals surface area contributed by atoms with Crippen molar-refractivity contribution in [2.24, 2.45) is 0 Å². The molecule has 1 aliphatic carbocycles. The topological polar surface area (TPSA) is 28.2 Å². The molecule has 2 fully saturated rings. The highest BCUT2D eigenvalue weighted by Crippen LogP contribution is 2.19.